The lowest BCUT2D eigenvalue weighted by Crippen LogP contribution is -2.07. The topological polar surface area (TPSA) is 43.6 Å². The molecule has 12 aromatic rings. The molecule has 9 aromatic carbocycles. The molecule has 0 saturated carbocycles. The van der Waals surface area contributed by atoms with Crippen molar-refractivity contribution in [1.29, 1.82) is 0 Å². The summed E-state index contributed by atoms with van der Waals surface area (Å²) in [7, 11) is 0. The number of fused-ring (bicyclic) bond motifs is 8. The van der Waals surface area contributed by atoms with Crippen LogP contribution in [0.1, 0.15) is 20.3 Å². The summed E-state index contributed by atoms with van der Waals surface area (Å²) in [5, 5.41) is 7.46. The van der Waals surface area contributed by atoms with Gasteiger partial charge in [-0.15, -0.1) is 11.3 Å². The Morgan fingerprint density at radius 3 is 1.57 bits per heavy atom. The van der Waals surface area contributed by atoms with Crippen molar-refractivity contribution in [2.24, 2.45) is 0 Å². The Hall–Kier alpha value is -7.73. The predicted octanol–water partition coefficient (Wildman–Crippen LogP) is 16.2. The van der Waals surface area contributed by atoms with Crippen LogP contribution >= 0.6 is 11.3 Å². The number of hydrogen-bond acceptors (Lipinski definition) is 4. The van der Waals surface area contributed by atoms with Crippen molar-refractivity contribution in [2.75, 3.05) is 0 Å². The molecule has 300 valence electrons. The van der Waals surface area contributed by atoms with Crippen LogP contribution in [0.5, 0.6) is 0 Å². The summed E-state index contributed by atoms with van der Waals surface area (Å²) in [4.78, 5) is 15.8. The lowest BCUT2D eigenvalue weighted by molar-refractivity contribution is 0.954. The highest BCUT2D eigenvalue weighted by Crippen LogP contribution is 2.43. The molecule has 0 unspecified atom stereocenters. The maximum Gasteiger partial charge on any atom is 0.238 e. The van der Waals surface area contributed by atoms with Crippen LogP contribution in [0.3, 0.4) is 0 Å². The van der Waals surface area contributed by atoms with Crippen LogP contribution in [0.25, 0.3) is 115 Å². The average molecular weight is 827 g/mol. The SMILES string of the molecule is CCC.c1ccc(-c2ccc(-c3nc(-c4ccc(-c5ccccc5)cc4)nc(-n4c5ccccc5c5cccc(-c6ccc7c(c6)sc6ccc8ccccc8c67)c54)n3)cc2)cc1. The van der Waals surface area contributed by atoms with E-state index in [1.54, 1.807) is 0 Å². The van der Waals surface area contributed by atoms with Gasteiger partial charge in [0.25, 0.3) is 0 Å². The maximum atomic E-state index is 5.32. The monoisotopic (exact) mass is 826 g/mol. The van der Waals surface area contributed by atoms with E-state index in [0.29, 0.717) is 17.6 Å². The van der Waals surface area contributed by atoms with E-state index in [1.165, 1.54) is 48.5 Å². The molecule has 0 aliphatic carbocycles. The quantitative estimate of drug-likeness (QED) is 0.168. The molecule has 5 heteroatoms. The highest BCUT2D eigenvalue weighted by molar-refractivity contribution is 7.26. The Kier molecular flexibility index (Phi) is 9.87. The molecule has 0 fully saturated rings. The number of thiophene rings is 1. The third-order valence-corrected chi connectivity index (χ3v) is 12.8. The number of aromatic nitrogens is 4. The first-order valence-corrected chi connectivity index (χ1v) is 22.4. The molecular formula is C58H42N4S. The van der Waals surface area contributed by atoms with Gasteiger partial charge in [0.15, 0.2) is 11.6 Å². The fourth-order valence-electron chi connectivity index (χ4n) is 8.78. The number of nitrogens with zero attached hydrogens (tertiary/aromatic N) is 4. The maximum absolute atomic E-state index is 5.32. The molecule has 0 amide bonds. The summed E-state index contributed by atoms with van der Waals surface area (Å²) in [6.07, 6.45) is 1.25. The normalized spacial score (nSPS) is 11.4. The first kappa shape index (κ1) is 38.2. The molecule has 12 rings (SSSR count). The second kappa shape index (κ2) is 16.3. The van der Waals surface area contributed by atoms with Gasteiger partial charge >= 0.3 is 0 Å². The van der Waals surface area contributed by atoms with Gasteiger partial charge in [-0.25, -0.2) is 4.98 Å². The number of hydrogen-bond donors (Lipinski definition) is 0. The second-order valence-corrected chi connectivity index (χ2v) is 17.0. The third kappa shape index (κ3) is 6.93. The average Bonchev–Trinajstić information content (AvgIpc) is 3.91. The number of rotatable bonds is 6. The smallest absolute Gasteiger partial charge is 0.238 e. The van der Waals surface area contributed by atoms with E-state index in [-0.39, 0.29) is 0 Å². The van der Waals surface area contributed by atoms with Crippen molar-refractivity contribution in [3.05, 3.63) is 206 Å². The Morgan fingerprint density at radius 1 is 0.397 bits per heavy atom. The summed E-state index contributed by atoms with van der Waals surface area (Å²) in [6.45, 7) is 4.25. The lowest BCUT2D eigenvalue weighted by atomic mass is 9.99. The van der Waals surface area contributed by atoms with Crippen LogP contribution < -0.4 is 0 Å². The van der Waals surface area contributed by atoms with Crippen molar-refractivity contribution >= 4 is 64.1 Å². The Balaban J connectivity index is 0.00000144. The van der Waals surface area contributed by atoms with Crippen LogP contribution in [-0.2, 0) is 0 Å². The minimum absolute atomic E-state index is 0.572. The van der Waals surface area contributed by atoms with Gasteiger partial charge in [0.05, 0.1) is 11.0 Å². The summed E-state index contributed by atoms with van der Waals surface area (Å²) >= 11 is 1.85. The van der Waals surface area contributed by atoms with E-state index in [2.05, 4.69) is 213 Å². The molecular weight excluding hydrogens is 785 g/mol. The van der Waals surface area contributed by atoms with E-state index in [9.17, 15) is 0 Å². The first-order valence-electron chi connectivity index (χ1n) is 21.6. The number of para-hydroxylation sites is 2. The number of benzene rings is 9. The summed E-state index contributed by atoms with van der Waals surface area (Å²) in [6, 6.07) is 73.3. The predicted molar refractivity (Wildman–Crippen MR) is 268 cm³/mol. The standard InChI is InChI=1S/C55H34N4S.C3H8/c1-3-12-35(13-4-1)37-22-26-40(27-23-37)53-56-54(41-28-24-38(25-29-41)36-14-5-2-6-15-36)58-55(57-53)59-48-21-10-9-18-45(48)46-20-11-19-44(52(46)59)42-30-32-47-50(34-42)60-49-33-31-39-16-7-8-17-43(39)51(47)49;1-3-2/h1-34H;3H2,1-2H3. The molecule has 3 aromatic heterocycles. The van der Waals surface area contributed by atoms with Crippen molar-refractivity contribution < 1.29 is 0 Å². The van der Waals surface area contributed by atoms with E-state index in [1.807, 2.05) is 23.5 Å². The molecule has 4 nitrogen and oxygen atoms in total. The van der Waals surface area contributed by atoms with E-state index in [0.717, 1.165) is 55.2 Å². The largest absolute Gasteiger partial charge is 0.277 e. The fraction of sp³-hybridized carbons (Fsp3) is 0.0517. The van der Waals surface area contributed by atoms with Gasteiger partial charge in [-0.05, 0) is 56.8 Å². The van der Waals surface area contributed by atoms with Gasteiger partial charge in [-0.1, -0.05) is 208 Å². The van der Waals surface area contributed by atoms with Crippen LogP contribution in [0, 0.1) is 0 Å². The molecule has 63 heavy (non-hydrogen) atoms. The molecule has 3 heterocycles. The van der Waals surface area contributed by atoms with Crippen LogP contribution in [-0.4, -0.2) is 19.5 Å². The van der Waals surface area contributed by atoms with Crippen molar-refractivity contribution in [1.82, 2.24) is 19.5 Å². The van der Waals surface area contributed by atoms with Crippen LogP contribution in [0.2, 0.25) is 0 Å². The second-order valence-electron chi connectivity index (χ2n) is 15.9. The Bertz CT molecular complexity index is 3490. The molecule has 0 saturated heterocycles. The van der Waals surface area contributed by atoms with Crippen molar-refractivity contribution in [2.45, 2.75) is 20.3 Å². The summed E-state index contributed by atoms with van der Waals surface area (Å²) < 4.78 is 4.81. The van der Waals surface area contributed by atoms with Crippen LogP contribution in [0.4, 0.5) is 0 Å². The first-order chi connectivity index (χ1) is 31.1. The van der Waals surface area contributed by atoms with Gasteiger partial charge in [-0.3, -0.25) is 4.57 Å². The Labute approximate surface area is 370 Å². The molecule has 0 N–H and O–H groups in total. The van der Waals surface area contributed by atoms with E-state index in [4.69, 9.17) is 15.0 Å². The third-order valence-electron chi connectivity index (χ3n) is 11.7. The van der Waals surface area contributed by atoms with Gasteiger partial charge < -0.3 is 0 Å². The molecule has 0 atom stereocenters. The van der Waals surface area contributed by atoms with Gasteiger partial charge in [0.1, 0.15) is 0 Å². The molecule has 0 radical (unpaired) electrons. The zero-order chi connectivity index (χ0) is 42.3. The van der Waals surface area contributed by atoms with Gasteiger partial charge in [0, 0.05) is 47.6 Å². The fourth-order valence-corrected chi connectivity index (χ4v) is 9.94. The molecule has 0 bridgehead atoms. The Morgan fingerprint density at radius 2 is 0.921 bits per heavy atom. The zero-order valence-electron chi connectivity index (χ0n) is 35.0. The lowest BCUT2D eigenvalue weighted by Gasteiger charge is -2.13. The summed E-state index contributed by atoms with van der Waals surface area (Å²) in [5.41, 5.74) is 10.8. The minimum atomic E-state index is 0.572. The molecule has 0 spiro atoms. The van der Waals surface area contributed by atoms with E-state index >= 15 is 0 Å². The molecule has 0 aliphatic rings. The minimum Gasteiger partial charge on any atom is -0.277 e. The summed E-state index contributed by atoms with van der Waals surface area (Å²) in [5.74, 6) is 1.80. The zero-order valence-corrected chi connectivity index (χ0v) is 35.9. The van der Waals surface area contributed by atoms with E-state index < -0.39 is 0 Å². The highest BCUT2D eigenvalue weighted by Gasteiger charge is 2.21. The highest BCUT2D eigenvalue weighted by atomic mass is 32.1. The van der Waals surface area contributed by atoms with Crippen LogP contribution in [0.15, 0.2) is 206 Å². The molecule has 0 aliphatic heterocycles. The van der Waals surface area contributed by atoms with Crippen molar-refractivity contribution in [3.8, 4) is 62.1 Å². The van der Waals surface area contributed by atoms with Gasteiger partial charge in [0.2, 0.25) is 5.95 Å². The van der Waals surface area contributed by atoms with Crippen molar-refractivity contribution in [3.63, 3.8) is 0 Å². The van der Waals surface area contributed by atoms with Gasteiger partial charge in [-0.2, -0.15) is 9.97 Å².